The topological polar surface area (TPSA) is 84.3 Å². The Hall–Kier alpha value is -2.76. The molecule has 0 aliphatic heterocycles. The number of alkyl carbamates (subject to hydrolysis) is 1. The van der Waals surface area contributed by atoms with Crippen molar-refractivity contribution in [3.63, 3.8) is 0 Å². The highest BCUT2D eigenvalue weighted by Gasteiger charge is 2.16. The number of ether oxygens (including phenoxy) is 1. The molecule has 6 nitrogen and oxygen atoms in total. The molecule has 3 aromatic rings. The van der Waals surface area contributed by atoms with E-state index in [1.54, 1.807) is 6.07 Å². The summed E-state index contributed by atoms with van der Waals surface area (Å²) in [6.07, 6.45) is 2.13. The lowest BCUT2D eigenvalue weighted by molar-refractivity contribution is 0.0528. The van der Waals surface area contributed by atoms with Crippen LogP contribution in [0.25, 0.3) is 21.9 Å². The maximum Gasteiger partial charge on any atom is 0.407 e. The number of fused-ring (bicyclic) bond motifs is 3. The molecule has 0 aliphatic rings. The molecule has 6 heteroatoms. The number of aryl methyl sites for hydroxylation is 1. The third-order valence-corrected chi connectivity index (χ3v) is 3.89. The Morgan fingerprint density at radius 3 is 2.76 bits per heavy atom. The SMILES string of the molecule is Cc1cc(=O)oc2ccc3[nH]cc(CCNC(=O)OC(C)(C)C)c3c12. The molecule has 2 N–H and O–H groups in total. The fourth-order valence-electron chi connectivity index (χ4n) is 2.95. The molecule has 0 unspecified atom stereocenters. The van der Waals surface area contributed by atoms with E-state index in [9.17, 15) is 9.59 Å². The first-order valence-electron chi connectivity index (χ1n) is 8.25. The molecule has 0 fully saturated rings. The van der Waals surface area contributed by atoms with E-state index in [4.69, 9.17) is 9.15 Å². The van der Waals surface area contributed by atoms with Crippen LogP contribution < -0.4 is 10.9 Å². The summed E-state index contributed by atoms with van der Waals surface area (Å²) in [5.41, 5.74) is 2.59. The summed E-state index contributed by atoms with van der Waals surface area (Å²) < 4.78 is 10.6. The average Bonchev–Trinajstić information content (AvgIpc) is 2.88. The minimum absolute atomic E-state index is 0.354. The van der Waals surface area contributed by atoms with Gasteiger partial charge in [0.05, 0.1) is 0 Å². The van der Waals surface area contributed by atoms with E-state index in [0.717, 1.165) is 27.4 Å². The van der Waals surface area contributed by atoms with Crippen LogP contribution in [0.5, 0.6) is 0 Å². The second-order valence-corrected chi connectivity index (χ2v) is 7.10. The Balaban J connectivity index is 1.87. The van der Waals surface area contributed by atoms with Crippen LogP contribution in [0.15, 0.2) is 33.6 Å². The normalized spacial score (nSPS) is 11.8. The van der Waals surface area contributed by atoms with Crippen molar-refractivity contribution in [3.05, 3.63) is 45.9 Å². The Bertz CT molecular complexity index is 992. The molecule has 0 saturated heterocycles. The van der Waals surface area contributed by atoms with Crippen LogP contribution in [-0.4, -0.2) is 23.2 Å². The Morgan fingerprint density at radius 2 is 2.04 bits per heavy atom. The number of rotatable bonds is 3. The van der Waals surface area contributed by atoms with Gasteiger partial charge in [-0.05, 0) is 57.4 Å². The van der Waals surface area contributed by atoms with Gasteiger partial charge in [0, 0.05) is 35.1 Å². The molecule has 25 heavy (non-hydrogen) atoms. The third-order valence-electron chi connectivity index (χ3n) is 3.89. The molecule has 1 amide bonds. The number of benzene rings is 1. The van der Waals surface area contributed by atoms with Crippen molar-refractivity contribution in [2.24, 2.45) is 0 Å². The van der Waals surface area contributed by atoms with Gasteiger partial charge in [-0.25, -0.2) is 9.59 Å². The highest BCUT2D eigenvalue weighted by Crippen LogP contribution is 2.29. The Morgan fingerprint density at radius 1 is 1.28 bits per heavy atom. The highest BCUT2D eigenvalue weighted by molar-refractivity contribution is 6.07. The number of amides is 1. The van der Waals surface area contributed by atoms with E-state index < -0.39 is 11.7 Å². The molecule has 3 rings (SSSR count). The predicted octanol–water partition coefficient (Wildman–Crippen LogP) is 3.65. The van der Waals surface area contributed by atoms with Crippen molar-refractivity contribution in [2.45, 2.75) is 39.7 Å². The number of hydrogen-bond acceptors (Lipinski definition) is 4. The summed E-state index contributed by atoms with van der Waals surface area (Å²) in [6.45, 7) is 7.83. The van der Waals surface area contributed by atoms with Crippen molar-refractivity contribution in [3.8, 4) is 0 Å². The molecular weight excluding hydrogens is 320 g/mol. The van der Waals surface area contributed by atoms with Gasteiger partial charge < -0.3 is 19.5 Å². The first kappa shape index (κ1) is 17.1. The van der Waals surface area contributed by atoms with E-state index in [-0.39, 0.29) is 5.63 Å². The van der Waals surface area contributed by atoms with Gasteiger partial charge in [0.25, 0.3) is 0 Å². The number of hydrogen-bond donors (Lipinski definition) is 2. The fraction of sp³-hybridized carbons (Fsp3) is 0.368. The van der Waals surface area contributed by atoms with Gasteiger partial charge in [0.15, 0.2) is 0 Å². The molecular formula is C19H22N2O4. The summed E-state index contributed by atoms with van der Waals surface area (Å²) in [5.74, 6) is 0. The summed E-state index contributed by atoms with van der Waals surface area (Å²) in [7, 11) is 0. The molecule has 2 aromatic heterocycles. The smallest absolute Gasteiger partial charge is 0.407 e. The van der Waals surface area contributed by atoms with Gasteiger partial charge in [-0.15, -0.1) is 0 Å². The molecule has 0 saturated carbocycles. The summed E-state index contributed by atoms with van der Waals surface area (Å²) in [4.78, 5) is 26.6. The van der Waals surface area contributed by atoms with E-state index in [1.807, 2.05) is 40.0 Å². The zero-order chi connectivity index (χ0) is 18.2. The molecule has 0 atom stereocenters. The van der Waals surface area contributed by atoms with E-state index in [0.29, 0.717) is 18.5 Å². The zero-order valence-electron chi connectivity index (χ0n) is 14.9. The lowest BCUT2D eigenvalue weighted by Gasteiger charge is -2.19. The lowest BCUT2D eigenvalue weighted by Crippen LogP contribution is -2.33. The Labute approximate surface area is 145 Å². The van der Waals surface area contributed by atoms with Crippen molar-refractivity contribution in [1.82, 2.24) is 10.3 Å². The van der Waals surface area contributed by atoms with Crippen molar-refractivity contribution in [1.29, 1.82) is 0 Å². The summed E-state index contributed by atoms with van der Waals surface area (Å²) >= 11 is 0. The first-order valence-corrected chi connectivity index (χ1v) is 8.25. The molecule has 0 spiro atoms. The quantitative estimate of drug-likeness (QED) is 0.712. The van der Waals surface area contributed by atoms with Gasteiger partial charge in [-0.1, -0.05) is 0 Å². The lowest BCUT2D eigenvalue weighted by atomic mass is 10.0. The van der Waals surface area contributed by atoms with Crippen LogP contribution in [0.2, 0.25) is 0 Å². The van der Waals surface area contributed by atoms with Crippen LogP contribution in [0, 0.1) is 6.92 Å². The van der Waals surface area contributed by atoms with Gasteiger partial charge in [-0.2, -0.15) is 0 Å². The zero-order valence-corrected chi connectivity index (χ0v) is 14.9. The minimum atomic E-state index is -0.518. The second kappa shape index (κ2) is 6.27. The third kappa shape index (κ3) is 3.68. The number of H-pyrrole nitrogens is 1. The van der Waals surface area contributed by atoms with Crippen molar-refractivity contribution >= 4 is 28.0 Å². The van der Waals surface area contributed by atoms with Crippen LogP contribution in [0.3, 0.4) is 0 Å². The predicted molar refractivity (Wildman–Crippen MR) is 97.0 cm³/mol. The molecule has 1 aromatic carbocycles. The van der Waals surface area contributed by atoms with Gasteiger partial charge in [0.2, 0.25) is 0 Å². The highest BCUT2D eigenvalue weighted by atomic mass is 16.6. The maximum atomic E-state index is 11.8. The van der Waals surface area contributed by atoms with E-state index in [1.165, 1.54) is 6.07 Å². The summed E-state index contributed by atoms with van der Waals surface area (Å²) in [5, 5.41) is 4.71. The molecule has 132 valence electrons. The number of nitrogens with one attached hydrogen (secondary N) is 2. The van der Waals surface area contributed by atoms with Crippen molar-refractivity contribution < 1.29 is 13.9 Å². The van der Waals surface area contributed by atoms with Gasteiger partial charge in [-0.3, -0.25) is 0 Å². The Kier molecular flexibility index (Phi) is 4.29. The van der Waals surface area contributed by atoms with Gasteiger partial charge >= 0.3 is 11.7 Å². The fourth-order valence-corrected chi connectivity index (χ4v) is 2.95. The largest absolute Gasteiger partial charge is 0.444 e. The second-order valence-electron chi connectivity index (χ2n) is 7.10. The van der Waals surface area contributed by atoms with E-state index in [2.05, 4.69) is 10.3 Å². The van der Waals surface area contributed by atoms with Gasteiger partial charge in [0.1, 0.15) is 11.2 Å². The minimum Gasteiger partial charge on any atom is -0.444 e. The molecule has 0 radical (unpaired) electrons. The monoisotopic (exact) mass is 342 g/mol. The van der Waals surface area contributed by atoms with E-state index >= 15 is 0 Å². The number of aromatic nitrogens is 1. The molecule has 2 heterocycles. The number of carbonyl (C=O) groups excluding carboxylic acids is 1. The number of carbonyl (C=O) groups is 1. The molecule has 0 bridgehead atoms. The maximum absolute atomic E-state index is 11.8. The van der Waals surface area contributed by atoms with Crippen LogP contribution >= 0.6 is 0 Å². The van der Waals surface area contributed by atoms with Crippen molar-refractivity contribution in [2.75, 3.05) is 6.54 Å². The average molecular weight is 342 g/mol. The molecule has 0 aliphatic carbocycles. The van der Waals surface area contributed by atoms with Crippen LogP contribution in [0.1, 0.15) is 31.9 Å². The summed E-state index contributed by atoms with van der Waals surface area (Å²) in [6, 6.07) is 5.19. The van der Waals surface area contributed by atoms with Crippen LogP contribution in [-0.2, 0) is 11.2 Å². The standard InChI is InChI=1S/C19H22N2O4/c1-11-9-15(22)24-14-6-5-13-17(16(11)14)12(10-21-13)7-8-20-18(23)25-19(2,3)4/h5-6,9-10,21H,7-8H2,1-4H3,(H,20,23). The number of aromatic amines is 1. The first-order chi connectivity index (χ1) is 11.7. The van der Waals surface area contributed by atoms with Crippen LogP contribution in [0.4, 0.5) is 4.79 Å².